The van der Waals surface area contributed by atoms with E-state index in [0.717, 1.165) is 23.3 Å². The van der Waals surface area contributed by atoms with E-state index < -0.39 is 34.6 Å². The minimum Gasteiger partial charge on any atom is -0.481 e. The largest absolute Gasteiger partial charge is 0.481 e. The lowest BCUT2D eigenvalue weighted by atomic mass is 10.0. The fraction of sp³-hybridized carbons (Fsp3) is 0.381. The first-order valence-corrected chi connectivity index (χ1v) is 10.8. The highest BCUT2D eigenvalue weighted by atomic mass is 32.2. The van der Waals surface area contributed by atoms with Gasteiger partial charge in [-0.15, -0.1) is 0 Å². The number of hydrogen-bond acceptors (Lipinski definition) is 3. The molecule has 0 spiro atoms. The monoisotopic (exact) mass is 438 g/mol. The molecule has 2 aromatic rings. The van der Waals surface area contributed by atoms with Gasteiger partial charge in [0.25, 0.3) is 0 Å². The summed E-state index contributed by atoms with van der Waals surface area (Å²) in [6, 6.07) is 10.5. The highest BCUT2D eigenvalue weighted by molar-refractivity contribution is 7.82. The molecule has 1 aliphatic carbocycles. The van der Waals surface area contributed by atoms with Gasteiger partial charge in [-0.2, -0.15) is 13.2 Å². The Balaban J connectivity index is 1.42. The molecule has 2 unspecified atom stereocenters. The number of carbonyl (C=O) groups is 1. The van der Waals surface area contributed by atoms with Crippen LogP contribution in [0, 0.1) is 0 Å². The molecule has 2 atom stereocenters. The van der Waals surface area contributed by atoms with Crippen molar-refractivity contribution in [1.82, 2.24) is 4.31 Å². The Morgan fingerprint density at radius 2 is 1.70 bits per heavy atom. The number of carboxylic acid groups (broad SMARTS) is 1. The summed E-state index contributed by atoms with van der Waals surface area (Å²) in [5, 5.41) is 9.38. The number of carboxylic acids is 1. The fourth-order valence-corrected chi connectivity index (χ4v) is 5.27. The van der Waals surface area contributed by atoms with Crippen molar-refractivity contribution in [3.63, 3.8) is 0 Å². The quantitative estimate of drug-likeness (QED) is 0.792. The van der Waals surface area contributed by atoms with Gasteiger partial charge >= 0.3 is 12.1 Å². The smallest absolute Gasteiger partial charge is 0.416 e. The van der Waals surface area contributed by atoms with Crippen LogP contribution in [0.4, 0.5) is 18.9 Å². The van der Waals surface area contributed by atoms with E-state index >= 15 is 0 Å². The van der Waals surface area contributed by atoms with E-state index in [1.807, 2.05) is 15.3 Å². The van der Waals surface area contributed by atoms with Crippen LogP contribution >= 0.6 is 0 Å². The maximum absolute atomic E-state index is 13.0. The van der Waals surface area contributed by atoms with Crippen LogP contribution in [0.3, 0.4) is 0 Å². The van der Waals surface area contributed by atoms with Crippen molar-refractivity contribution >= 4 is 22.6 Å². The average molecular weight is 438 g/mol. The lowest BCUT2D eigenvalue weighted by Gasteiger charge is -2.35. The highest BCUT2D eigenvalue weighted by Gasteiger charge is 2.31. The van der Waals surface area contributed by atoms with E-state index in [4.69, 9.17) is 0 Å². The van der Waals surface area contributed by atoms with Gasteiger partial charge in [-0.3, -0.25) is 4.79 Å². The molecule has 30 heavy (non-hydrogen) atoms. The maximum Gasteiger partial charge on any atom is 0.416 e. The summed E-state index contributed by atoms with van der Waals surface area (Å²) in [6.07, 6.45) is -3.08. The Bertz CT molecular complexity index is 970. The Morgan fingerprint density at radius 3 is 2.30 bits per heavy atom. The first-order chi connectivity index (χ1) is 14.2. The molecule has 0 bridgehead atoms. The first kappa shape index (κ1) is 20.9. The third-order valence-electron chi connectivity index (χ3n) is 5.73. The van der Waals surface area contributed by atoms with Crippen molar-refractivity contribution in [3.05, 3.63) is 59.2 Å². The second-order valence-corrected chi connectivity index (χ2v) is 8.99. The van der Waals surface area contributed by atoms with Crippen LogP contribution in [0.25, 0.3) is 0 Å². The minimum absolute atomic E-state index is 0.493. The molecule has 1 heterocycles. The molecule has 1 N–H and O–H groups in total. The molecule has 9 heteroatoms. The van der Waals surface area contributed by atoms with Gasteiger partial charge in [-0.05, 0) is 60.4 Å². The number of piperazine rings is 1. The number of aliphatic carboxylic acids is 1. The molecule has 160 valence electrons. The number of benzene rings is 2. The molecule has 0 saturated carbocycles. The van der Waals surface area contributed by atoms with Gasteiger partial charge in [0, 0.05) is 31.9 Å². The summed E-state index contributed by atoms with van der Waals surface area (Å²) in [6.45, 7) is 2.07. The van der Waals surface area contributed by atoms with Gasteiger partial charge in [0.15, 0.2) is 0 Å². The number of fused-ring (bicyclic) bond motifs is 1. The Labute approximate surface area is 174 Å². The SMILES string of the molecule is O=C(O)C1CCc2ccc(S(=O)N3CCN(c4ccc(C(F)(F)F)cc4)CC3)cc21. The molecule has 0 radical (unpaired) electrons. The summed E-state index contributed by atoms with van der Waals surface area (Å²) in [5.41, 5.74) is 1.77. The molecule has 1 aliphatic heterocycles. The topological polar surface area (TPSA) is 60.9 Å². The van der Waals surface area contributed by atoms with Gasteiger partial charge in [0.1, 0.15) is 11.0 Å². The molecule has 5 nitrogen and oxygen atoms in total. The average Bonchev–Trinajstić information content (AvgIpc) is 3.16. The van der Waals surface area contributed by atoms with Crippen LogP contribution < -0.4 is 4.90 Å². The number of hydrogen-bond donors (Lipinski definition) is 1. The van der Waals surface area contributed by atoms with Crippen LogP contribution in [-0.2, 0) is 28.4 Å². The first-order valence-electron chi connectivity index (χ1n) is 9.69. The van der Waals surface area contributed by atoms with E-state index in [9.17, 15) is 27.3 Å². The molecule has 4 rings (SSSR count). The van der Waals surface area contributed by atoms with Crippen molar-refractivity contribution in [1.29, 1.82) is 0 Å². The summed E-state index contributed by atoms with van der Waals surface area (Å²) in [7, 11) is -1.41. The lowest BCUT2D eigenvalue weighted by molar-refractivity contribution is -0.139. The number of aryl methyl sites for hydroxylation is 1. The molecule has 1 saturated heterocycles. The van der Waals surface area contributed by atoms with Crippen LogP contribution in [0.2, 0.25) is 0 Å². The molecule has 0 aromatic heterocycles. The molecule has 2 aliphatic rings. The minimum atomic E-state index is -4.36. The van der Waals surface area contributed by atoms with E-state index in [-0.39, 0.29) is 0 Å². The third-order valence-corrected chi connectivity index (χ3v) is 7.22. The van der Waals surface area contributed by atoms with E-state index in [1.165, 1.54) is 12.1 Å². The molecule has 0 amide bonds. The number of halogens is 3. The summed E-state index contributed by atoms with van der Waals surface area (Å²) < 4.78 is 53.0. The van der Waals surface area contributed by atoms with Crippen molar-refractivity contribution < 1.29 is 27.3 Å². The maximum atomic E-state index is 13.0. The summed E-state index contributed by atoms with van der Waals surface area (Å²) in [4.78, 5) is 14.0. The van der Waals surface area contributed by atoms with Gasteiger partial charge in [-0.25, -0.2) is 8.51 Å². The second-order valence-electron chi connectivity index (χ2n) is 7.50. The van der Waals surface area contributed by atoms with E-state index in [2.05, 4.69) is 0 Å². The number of nitrogens with zero attached hydrogens (tertiary/aromatic N) is 2. The van der Waals surface area contributed by atoms with E-state index in [1.54, 1.807) is 12.1 Å². The van der Waals surface area contributed by atoms with Crippen LogP contribution in [0.5, 0.6) is 0 Å². The van der Waals surface area contributed by atoms with E-state index in [0.29, 0.717) is 49.6 Å². The summed E-state index contributed by atoms with van der Waals surface area (Å²) >= 11 is 0. The predicted octanol–water partition coefficient (Wildman–Crippen LogP) is 3.66. The Morgan fingerprint density at radius 1 is 1.03 bits per heavy atom. The predicted molar refractivity (Wildman–Crippen MR) is 107 cm³/mol. The number of rotatable bonds is 4. The number of alkyl halides is 3. The molecule has 1 fully saturated rings. The normalized spacial score (nSPS) is 20.8. The van der Waals surface area contributed by atoms with Gasteiger partial charge < -0.3 is 10.0 Å². The van der Waals surface area contributed by atoms with Crippen LogP contribution in [0.15, 0.2) is 47.4 Å². The standard InChI is InChI=1S/C21H21F3N2O3S/c22-21(23,24)15-3-5-16(6-4-15)25-9-11-26(12-10-25)30(29)17-7-1-14-2-8-18(20(27)28)19(14)13-17/h1,3-7,13,18H,2,8-12H2,(H,27,28). The van der Waals surface area contributed by atoms with Crippen molar-refractivity contribution in [2.75, 3.05) is 31.1 Å². The van der Waals surface area contributed by atoms with Crippen molar-refractivity contribution in [3.8, 4) is 0 Å². The van der Waals surface area contributed by atoms with Gasteiger partial charge in [0.2, 0.25) is 0 Å². The lowest BCUT2D eigenvalue weighted by Crippen LogP contribution is -2.47. The third kappa shape index (κ3) is 4.09. The zero-order chi connectivity index (χ0) is 21.5. The van der Waals surface area contributed by atoms with Crippen LogP contribution in [0.1, 0.15) is 29.0 Å². The summed E-state index contributed by atoms with van der Waals surface area (Å²) in [5.74, 6) is -1.41. The zero-order valence-electron chi connectivity index (χ0n) is 16.1. The fourth-order valence-electron chi connectivity index (χ4n) is 4.07. The molecule has 2 aromatic carbocycles. The molecular formula is C21H21F3N2O3S. The van der Waals surface area contributed by atoms with Crippen LogP contribution in [-0.4, -0.2) is 45.8 Å². The zero-order valence-corrected chi connectivity index (χ0v) is 16.9. The Kier molecular flexibility index (Phi) is 5.59. The van der Waals surface area contributed by atoms with Gasteiger partial charge in [-0.1, -0.05) is 6.07 Å². The van der Waals surface area contributed by atoms with Gasteiger partial charge in [0.05, 0.1) is 16.4 Å². The van der Waals surface area contributed by atoms with Crippen molar-refractivity contribution in [2.45, 2.75) is 29.8 Å². The molecular weight excluding hydrogens is 417 g/mol. The second kappa shape index (κ2) is 8.03. The number of anilines is 1. The van der Waals surface area contributed by atoms with Crippen molar-refractivity contribution in [2.24, 2.45) is 0 Å². The highest BCUT2D eigenvalue weighted by Crippen LogP contribution is 2.35. The Hall–Kier alpha value is -2.39.